The normalized spacial score (nSPS) is 15.4. The first-order valence-corrected chi connectivity index (χ1v) is 8.07. The van der Waals surface area contributed by atoms with Gasteiger partial charge in [-0.05, 0) is 6.92 Å². The summed E-state index contributed by atoms with van der Waals surface area (Å²) in [5, 5.41) is 6.16. The van der Waals surface area contributed by atoms with Gasteiger partial charge >= 0.3 is 0 Å². The fourth-order valence-corrected chi connectivity index (χ4v) is 2.23. The van der Waals surface area contributed by atoms with Crippen LogP contribution in [0.15, 0.2) is 6.07 Å². The van der Waals surface area contributed by atoms with Gasteiger partial charge in [-0.2, -0.15) is 0 Å². The number of nitrogens with one attached hydrogen (secondary N) is 2. The molecule has 1 aromatic rings. The molecular weight excluding hydrogens is 294 g/mol. The van der Waals surface area contributed by atoms with Crippen molar-refractivity contribution in [3.05, 3.63) is 11.9 Å². The highest BCUT2D eigenvalue weighted by molar-refractivity contribution is 5.81. The molecule has 0 atom stereocenters. The van der Waals surface area contributed by atoms with Crippen molar-refractivity contribution in [2.24, 2.45) is 5.41 Å². The van der Waals surface area contributed by atoms with E-state index in [1.807, 2.05) is 33.8 Å². The molecule has 1 saturated heterocycles. The fourth-order valence-electron chi connectivity index (χ4n) is 2.23. The lowest BCUT2D eigenvalue weighted by atomic mass is 9.96. The smallest absolute Gasteiger partial charge is 0.225 e. The third-order valence-electron chi connectivity index (χ3n) is 3.56. The molecule has 1 fully saturated rings. The standard InChI is InChI=1S/C16H27N5O2/c1-12-19-13(17-5-6-18-15(22)16(2,3)4)11-14(20-12)21-7-9-23-10-8-21/h11H,5-10H2,1-4H3,(H,18,22)(H,17,19,20). The zero-order valence-corrected chi connectivity index (χ0v) is 14.5. The largest absolute Gasteiger partial charge is 0.378 e. The van der Waals surface area contributed by atoms with Gasteiger partial charge in [0.2, 0.25) is 5.91 Å². The molecule has 1 aliphatic rings. The molecule has 1 aromatic heterocycles. The maximum absolute atomic E-state index is 11.8. The Morgan fingerprint density at radius 1 is 1.26 bits per heavy atom. The number of hydrogen-bond donors (Lipinski definition) is 2. The second-order valence-electron chi connectivity index (χ2n) is 6.69. The van der Waals surface area contributed by atoms with Crippen LogP contribution < -0.4 is 15.5 Å². The van der Waals surface area contributed by atoms with Gasteiger partial charge in [-0.1, -0.05) is 20.8 Å². The summed E-state index contributed by atoms with van der Waals surface area (Å²) in [6.45, 7) is 11.9. The predicted octanol–water partition coefficient (Wildman–Crippen LogP) is 1.20. The summed E-state index contributed by atoms with van der Waals surface area (Å²) >= 11 is 0. The van der Waals surface area contributed by atoms with Crippen molar-refractivity contribution in [3.8, 4) is 0 Å². The average molecular weight is 321 g/mol. The van der Waals surface area contributed by atoms with Crippen molar-refractivity contribution in [1.29, 1.82) is 0 Å². The van der Waals surface area contributed by atoms with Gasteiger partial charge in [-0.3, -0.25) is 4.79 Å². The van der Waals surface area contributed by atoms with Crippen LogP contribution in [-0.4, -0.2) is 55.3 Å². The van der Waals surface area contributed by atoms with Crippen molar-refractivity contribution in [2.45, 2.75) is 27.7 Å². The number of anilines is 2. The number of amides is 1. The molecule has 7 heteroatoms. The van der Waals surface area contributed by atoms with Crippen molar-refractivity contribution in [3.63, 3.8) is 0 Å². The number of ether oxygens (including phenoxy) is 1. The summed E-state index contributed by atoms with van der Waals surface area (Å²) in [6.07, 6.45) is 0. The lowest BCUT2D eigenvalue weighted by Crippen LogP contribution is -2.37. The second kappa shape index (κ2) is 7.59. The first kappa shape index (κ1) is 17.5. The maximum Gasteiger partial charge on any atom is 0.225 e. The van der Waals surface area contributed by atoms with Crippen LogP contribution in [0.2, 0.25) is 0 Å². The third kappa shape index (κ3) is 5.35. The minimum absolute atomic E-state index is 0.0483. The Balaban J connectivity index is 1.87. The molecule has 2 heterocycles. The number of aromatic nitrogens is 2. The number of rotatable bonds is 5. The van der Waals surface area contributed by atoms with Crippen LogP contribution in [0.3, 0.4) is 0 Å². The molecule has 2 rings (SSSR count). The SMILES string of the molecule is Cc1nc(NCCNC(=O)C(C)(C)C)cc(N2CCOCC2)n1. The Morgan fingerprint density at radius 2 is 1.96 bits per heavy atom. The van der Waals surface area contributed by atoms with E-state index in [1.165, 1.54) is 0 Å². The Morgan fingerprint density at radius 3 is 2.61 bits per heavy atom. The van der Waals surface area contributed by atoms with Crippen molar-refractivity contribution in [2.75, 3.05) is 49.6 Å². The van der Waals surface area contributed by atoms with E-state index in [9.17, 15) is 4.79 Å². The van der Waals surface area contributed by atoms with Gasteiger partial charge in [0.25, 0.3) is 0 Å². The summed E-state index contributed by atoms with van der Waals surface area (Å²) in [7, 11) is 0. The lowest BCUT2D eigenvalue weighted by Gasteiger charge is -2.28. The fraction of sp³-hybridized carbons (Fsp3) is 0.688. The zero-order chi connectivity index (χ0) is 16.9. The third-order valence-corrected chi connectivity index (χ3v) is 3.56. The molecule has 1 amide bonds. The lowest BCUT2D eigenvalue weighted by molar-refractivity contribution is -0.128. The average Bonchev–Trinajstić information content (AvgIpc) is 2.51. The molecule has 0 aliphatic carbocycles. The van der Waals surface area contributed by atoms with E-state index in [1.54, 1.807) is 0 Å². The van der Waals surface area contributed by atoms with Gasteiger partial charge in [0.1, 0.15) is 17.5 Å². The van der Waals surface area contributed by atoms with Gasteiger partial charge in [-0.25, -0.2) is 9.97 Å². The molecule has 2 N–H and O–H groups in total. The molecule has 128 valence electrons. The highest BCUT2D eigenvalue weighted by Gasteiger charge is 2.20. The van der Waals surface area contributed by atoms with Crippen LogP contribution in [-0.2, 0) is 9.53 Å². The van der Waals surface area contributed by atoms with Gasteiger partial charge in [0.15, 0.2) is 0 Å². The van der Waals surface area contributed by atoms with Gasteiger partial charge in [0, 0.05) is 37.7 Å². The Hall–Kier alpha value is -1.89. The van der Waals surface area contributed by atoms with E-state index >= 15 is 0 Å². The molecule has 0 aromatic carbocycles. The number of hydrogen-bond acceptors (Lipinski definition) is 6. The van der Waals surface area contributed by atoms with Crippen molar-refractivity contribution in [1.82, 2.24) is 15.3 Å². The van der Waals surface area contributed by atoms with E-state index in [4.69, 9.17) is 4.74 Å². The van der Waals surface area contributed by atoms with Crippen LogP contribution in [0.25, 0.3) is 0 Å². The Labute approximate surface area is 137 Å². The molecule has 0 bridgehead atoms. The van der Waals surface area contributed by atoms with Gasteiger partial charge in [0.05, 0.1) is 13.2 Å². The van der Waals surface area contributed by atoms with Gasteiger partial charge in [-0.15, -0.1) is 0 Å². The topological polar surface area (TPSA) is 79.4 Å². The summed E-state index contributed by atoms with van der Waals surface area (Å²) in [5.41, 5.74) is -0.366. The molecule has 0 unspecified atom stereocenters. The first-order chi connectivity index (χ1) is 10.9. The molecular formula is C16H27N5O2. The summed E-state index contributed by atoms with van der Waals surface area (Å²) in [5.74, 6) is 2.48. The summed E-state index contributed by atoms with van der Waals surface area (Å²) < 4.78 is 5.37. The monoisotopic (exact) mass is 321 g/mol. The molecule has 1 aliphatic heterocycles. The van der Waals surface area contributed by atoms with Gasteiger partial charge < -0.3 is 20.3 Å². The number of morpholine rings is 1. The first-order valence-electron chi connectivity index (χ1n) is 8.07. The number of nitrogens with zero attached hydrogens (tertiary/aromatic N) is 3. The minimum atomic E-state index is -0.366. The zero-order valence-electron chi connectivity index (χ0n) is 14.5. The highest BCUT2D eigenvalue weighted by Crippen LogP contribution is 2.17. The van der Waals surface area contributed by atoms with E-state index in [0.717, 1.165) is 43.8 Å². The maximum atomic E-state index is 11.8. The number of carbonyl (C=O) groups excluding carboxylic acids is 1. The van der Waals surface area contributed by atoms with E-state index in [-0.39, 0.29) is 11.3 Å². The molecule has 0 saturated carbocycles. The van der Waals surface area contributed by atoms with Crippen LogP contribution in [0, 0.1) is 12.3 Å². The molecule has 0 radical (unpaired) electrons. The van der Waals surface area contributed by atoms with E-state index in [2.05, 4.69) is 25.5 Å². The van der Waals surface area contributed by atoms with Crippen LogP contribution in [0.4, 0.5) is 11.6 Å². The predicted molar refractivity (Wildman–Crippen MR) is 90.8 cm³/mol. The van der Waals surface area contributed by atoms with Crippen LogP contribution in [0.5, 0.6) is 0 Å². The van der Waals surface area contributed by atoms with E-state index in [0.29, 0.717) is 13.1 Å². The van der Waals surface area contributed by atoms with Crippen LogP contribution >= 0.6 is 0 Å². The number of carbonyl (C=O) groups is 1. The Bertz CT molecular complexity index is 536. The van der Waals surface area contributed by atoms with Crippen molar-refractivity contribution < 1.29 is 9.53 Å². The highest BCUT2D eigenvalue weighted by atomic mass is 16.5. The number of aryl methyl sites for hydroxylation is 1. The summed E-state index contributed by atoms with van der Waals surface area (Å²) in [6, 6.07) is 1.95. The van der Waals surface area contributed by atoms with E-state index < -0.39 is 0 Å². The molecule has 23 heavy (non-hydrogen) atoms. The minimum Gasteiger partial charge on any atom is -0.378 e. The molecule has 7 nitrogen and oxygen atoms in total. The quantitative estimate of drug-likeness (QED) is 0.793. The van der Waals surface area contributed by atoms with Crippen molar-refractivity contribution >= 4 is 17.5 Å². The second-order valence-corrected chi connectivity index (χ2v) is 6.69. The van der Waals surface area contributed by atoms with Crippen LogP contribution in [0.1, 0.15) is 26.6 Å². The Kier molecular flexibility index (Phi) is 5.76. The molecule has 0 spiro atoms. The summed E-state index contributed by atoms with van der Waals surface area (Å²) in [4.78, 5) is 22.9.